The molecule has 0 N–H and O–H groups in total. The fourth-order valence-electron chi connectivity index (χ4n) is 2.83. The minimum absolute atomic E-state index is 0.549. The lowest BCUT2D eigenvalue weighted by atomic mass is 10.2. The Kier molecular flexibility index (Phi) is 3.58. The molecule has 2 aliphatic rings. The molecule has 2 heterocycles. The topological polar surface area (TPSA) is 36.4 Å². The number of likely N-dealkylation sites (N-methyl/N-ethyl adjacent to an activating group) is 2. The maximum absolute atomic E-state index is 11.1. The summed E-state index contributed by atoms with van der Waals surface area (Å²) in [5.74, 6) is 0.549. The van der Waals surface area contributed by atoms with Gasteiger partial charge in [-0.05, 0) is 39.3 Å². The van der Waals surface area contributed by atoms with E-state index in [9.17, 15) is 4.79 Å². The van der Waals surface area contributed by atoms with Gasteiger partial charge in [0.25, 0.3) is 0 Å². The van der Waals surface area contributed by atoms with Gasteiger partial charge in [-0.1, -0.05) is 11.3 Å². The van der Waals surface area contributed by atoms with E-state index in [1.165, 1.54) is 32.2 Å². The van der Waals surface area contributed by atoms with Crippen LogP contribution in [0.4, 0.5) is 5.13 Å². The van der Waals surface area contributed by atoms with Gasteiger partial charge in [0.2, 0.25) is 0 Å². The molecule has 0 radical (unpaired) electrons. The third-order valence-corrected chi connectivity index (χ3v) is 5.33. The van der Waals surface area contributed by atoms with Gasteiger partial charge in [0.05, 0.1) is 10.6 Å². The summed E-state index contributed by atoms with van der Waals surface area (Å²) < 4.78 is 0. The molecule has 1 aliphatic heterocycles. The van der Waals surface area contributed by atoms with Crippen LogP contribution in [0.25, 0.3) is 0 Å². The van der Waals surface area contributed by atoms with Gasteiger partial charge < -0.3 is 9.80 Å². The minimum Gasteiger partial charge on any atom is -0.350 e. The van der Waals surface area contributed by atoms with E-state index in [4.69, 9.17) is 4.98 Å². The molecule has 3 rings (SSSR count). The highest BCUT2D eigenvalue weighted by atomic mass is 32.1. The van der Waals surface area contributed by atoms with E-state index in [-0.39, 0.29) is 0 Å². The van der Waals surface area contributed by atoms with Crippen LogP contribution in [0, 0.1) is 0 Å². The number of aromatic nitrogens is 1. The van der Waals surface area contributed by atoms with Crippen LogP contribution >= 0.6 is 11.3 Å². The molecule has 2 fully saturated rings. The third-order valence-electron chi connectivity index (χ3n) is 4.22. The molecule has 1 saturated heterocycles. The third kappa shape index (κ3) is 2.67. The van der Waals surface area contributed by atoms with Crippen molar-refractivity contribution in [3.63, 3.8) is 0 Å². The zero-order valence-electron chi connectivity index (χ0n) is 11.6. The Morgan fingerprint density at radius 3 is 2.84 bits per heavy atom. The molecule has 0 spiro atoms. The Balaban J connectivity index is 1.72. The van der Waals surface area contributed by atoms with Gasteiger partial charge in [0.15, 0.2) is 11.4 Å². The normalized spacial score (nSPS) is 23.8. The lowest BCUT2D eigenvalue weighted by Gasteiger charge is -2.25. The first-order valence-corrected chi connectivity index (χ1v) is 7.88. The molecule has 19 heavy (non-hydrogen) atoms. The average molecular weight is 279 g/mol. The number of carbonyl (C=O) groups excluding carboxylic acids is 1. The van der Waals surface area contributed by atoms with Gasteiger partial charge in [-0.2, -0.15) is 0 Å². The van der Waals surface area contributed by atoms with E-state index in [0.717, 1.165) is 28.5 Å². The largest absolute Gasteiger partial charge is 0.350 e. The standard InChI is InChI=1S/C14H21N3OS/c1-16-7-3-4-11(16)8-17(2)14-15-13(10-5-6-10)12(9-18)19-14/h9-11H,3-8H2,1-2H3. The maximum Gasteiger partial charge on any atom is 0.186 e. The number of aldehydes is 1. The first-order chi connectivity index (χ1) is 9.19. The number of rotatable bonds is 5. The molecule has 0 amide bonds. The van der Waals surface area contributed by atoms with Crippen molar-refractivity contribution in [3.05, 3.63) is 10.6 Å². The van der Waals surface area contributed by atoms with E-state index in [1.807, 2.05) is 0 Å². The molecular weight excluding hydrogens is 258 g/mol. The maximum atomic E-state index is 11.1. The van der Waals surface area contributed by atoms with Crippen LogP contribution < -0.4 is 4.90 Å². The fraction of sp³-hybridized carbons (Fsp3) is 0.714. The van der Waals surface area contributed by atoms with Crippen molar-refractivity contribution in [2.75, 3.05) is 32.1 Å². The van der Waals surface area contributed by atoms with E-state index in [1.54, 1.807) is 11.3 Å². The van der Waals surface area contributed by atoms with Gasteiger partial charge in [-0.25, -0.2) is 4.98 Å². The minimum atomic E-state index is 0.549. The predicted octanol–water partition coefficient (Wildman–Crippen LogP) is 2.36. The Morgan fingerprint density at radius 2 is 2.26 bits per heavy atom. The fourth-order valence-corrected chi connectivity index (χ4v) is 3.77. The van der Waals surface area contributed by atoms with Crippen molar-refractivity contribution in [2.45, 2.75) is 37.6 Å². The summed E-state index contributed by atoms with van der Waals surface area (Å²) in [6.07, 6.45) is 5.92. The van der Waals surface area contributed by atoms with E-state index in [2.05, 4.69) is 23.9 Å². The van der Waals surface area contributed by atoms with Crippen LogP contribution in [0.1, 0.15) is 47.0 Å². The lowest BCUT2D eigenvalue weighted by Crippen LogP contribution is -2.36. The highest BCUT2D eigenvalue weighted by Crippen LogP contribution is 2.43. The molecule has 1 unspecified atom stereocenters. The molecule has 104 valence electrons. The molecule has 4 nitrogen and oxygen atoms in total. The van der Waals surface area contributed by atoms with Crippen molar-refractivity contribution in [1.29, 1.82) is 0 Å². The second-order valence-corrected chi connectivity index (χ2v) is 6.80. The number of anilines is 1. The number of carbonyl (C=O) groups is 1. The summed E-state index contributed by atoms with van der Waals surface area (Å²) >= 11 is 1.55. The zero-order chi connectivity index (χ0) is 13.4. The summed E-state index contributed by atoms with van der Waals surface area (Å²) in [5.41, 5.74) is 1.04. The molecule has 1 atom stereocenters. The summed E-state index contributed by atoms with van der Waals surface area (Å²) in [4.78, 5) is 21.3. The van der Waals surface area contributed by atoms with Crippen LogP contribution in [0.3, 0.4) is 0 Å². The van der Waals surface area contributed by atoms with Crippen LogP contribution in [0.2, 0.25) is 0 Å². The number of nitrogens with zero attached hydrogens (tertiary/aromatic N) is 3. The zero-order valence-corrected chi connectivity index (χ0v) is 12.4. The number of thiazole rings is 1. The van der Waals surface area contributed by atoms with Crippen LogP contribution in [-0.2, 0) is 0 Å². The Bertz CT molecular complexity index is 469. The van der Waals surface area contributed by atoms with Crippen molar-refractivity contribution >= 4 is 22.8 Å². The first kappa shape index (κ1) is 13.1. The van der Waals surface area contributed by atoms with Gasteiger partial charge in [-0.3, -0.25) is 4.79 Å². The quantitative estimate of drug-likeness (QED) is 0.775. The molecular formula is C14H21N3OS. The average Bonchev–Trinajstić information content (AvgIpc) is 3.03. The van der Waals surface area contributed by atoms with E-state index >= 15 is 0 Å². The van der Waals surface area contributed by atoms with E-state index < -0.39 is 0 Å². The molecule has 1 aromatic heterocycles. The van der Waals surface area contributed by atoms with Gasteiger partial charge in [0, 0.05) is 25.6 Å². The van der Waals surface area contributed by atoms with Crippen molar-refractivity contribution < 1.29 is 4.79 Å². The Hall–Kier alpha value is -0.940. The summed E-state index contributed by atoms with van der Waals surface area (Å²) in [6.45, 7) is 2.20. The molecule has 1 aliphatic carbocycles. The van der Waals surface area contributed by atoms with Crippen molar-refractivity contribution in [1.82, 2.24) is 9.88 Å². The Labute approximate surface area is 118 Å². The first-order valence-electron chi connectivity index (χ1n) is 7.06. The van der Waals surface area contributed by atoms with Crippen molar-refractivity contribution in [2.24, 2.45) is 0 Å². The molecule has 0 bridgehead atoms. The van der Waals surface area contributed by atoms with Crippen LogP contribution in [-0.4, -0.2) is 49.4 Å². The molecule has 1 aromatic rings. The second kappa shape index (κ2) is 5.21. The van der Waals surface area contributed by atoms with Crippen LogP contribution in [0.5, 0.6) is 0 Å². The molecule has 0 aromatic carbocycles. The lowest BCUT2D eigenvalue weighted by molar-refractivity contribution is 0.112. The van der Waals surface area contributed by atoms with Gasteiger partial charge >= 0.3 is 0 Å². The van der Waals surface area contributed by atoms with Gasteiger partial charge in [-0.15, -0.1) is 0 Å². The molecule has 1 saturated carbocycles. The second-order valence-electron chi connectivity index (χ2n) is 5.80. The van der Waals surface area contributed by atoms with Gasteiger partial charge in [0.1, 0.15) is 0 Å². The summed E-state index contributed by atoms with van der Waals surface area (Å²) in [7, 11) is 4.29. The van der Waals surface area contributed by atoms with Crippen LogP contribution in [0.15, 0.2) is 0 Å². The van der Waals surface area contributed by atoms with E-state index in [0.29, 0.717) is 12.0 Å². The summed E-state index contributed by atoms with van der Waals surface area (Å²) in [5, 5.41) is 1.00. The smallest absolute Gasteiger partial charge is 0.186 e. The highest BCUT2D eigenvalue weighted by Gasteiger charge is 2.30. The predicted molar refractivity (Wildman–Crippen MR) is 78.4 cm³/mol. The monoisotopic (exact) mass is 279 g/mol. The van der Waals surface area contributed by atoms with Crippen molar-refractivity contribution in [3.8, 4) is 0 Å². The summed E-state index contributed by atoms with van der Waals surface area (Å²) in [6, 6.07) is 0.623. The highest BCUT2D eigenvalue weighted by molar-refractivity contribution is 7.17. The number of likely N-dealkylation sites (tertiary alicyclic amines) is 1. The number of hydrogen-bond donors (Lipinski definition) is 0. The SMILES string of the molecule is CN(CC1CCCN1C)c1nc(C2CC2)c(C=O)s1. The Morgan fingerprint density at radius 1 is 1.47 bits per heavy atom. The molecule has 5 heteroatoms. The number of hydrogen-bond acceptors (Lipinski definition) is 5.